The van der Waals surface area contributed by atoms with Gasteiger partial charge in [0.05, 0.1) is 5.71 Å². The minimum absolute atomic E-state index is 0.0520. The van der Waals surface area contributed by atoms with Gasteiger partial charge in [0.25, 0.3) is 0 Å². The zero-order chi connectivity index (χ0) is 8.39. The van der Waals surface area contributed by atoms with Crippen molar-refractivity contribution in [2.75, 3.05) is 0 Å². The van der Waals surface area contributed by atoms with E-state index in [0.29, 0.717) is 0 Å². The first-order valence-corrected chi connectivity index (χ1v) is 4.50. The monoisotopic (exact) mass is 179 g/mol. The van der Waals surface area contributed by atoms with E-state index < -0.39 is 0 Å². The van der Waals surface area contributed by atoms with Crippen LogP contribution >= 0.6 is 12.2 Å². The van der Waals surface area contributed by atoms with E-state index in [0.717, 1.165) is 5.71 Å². The summed E-state index contributed by atoms with van der Waals surface area (Å²) in [6.45, 7) is 1.98. The van der Waals surface area contributed by atoms with Crippen LogP contribution in [0.25, 0.3) is 0 Å². The van der Waals surface area contributed by atoms with Crippen LogP contribution in [0.5, 0.6) is 0 Å². The van der Waals surface area contributed by atoms with Gasteiger partial charge in [0, 0.05) is 0 Å². The van der Waals surface area contributed by atoms with E-state index in [1.54, 1.807) is 0 Å². The molecule has 3 heteroatoms. The first-order valence-electron chi connectivity index (χ1n) is 3.80. The molecular weight excluding hydrogens is 170 g/mol. The van der Waals surface area contributed by atoms with Crippen molar-refractivity contribution in [3.05, 3.63) is 35.9 Å². The molecule has 12 heavy (non-hydrogen) atoms. The highest BCUT2D eigenvalue weighted by Crippen LogP contribution is 2.31. The normalized spacial score (nSPS) is 22.4. The third-order valence-electron chi connectivity index (χ3n) is 1.80. The number of hydrogen-bond acceptors (Lipinski definition) is 3. The summed E-state index contributed by atoms with van der Waals surface area (Å²) < 4.78 is 9.47. The quantitative estimate of drug-likeness (QED) is 0.488. The van der Waals surface area contributed by atoms with Crippen LogP contribution in [0, 0.1) is 0 Å². The molecule has 0 saturated carbocycles. The minimum Gasteiger partial charge on any atom is -0.281 e. The molecule has 0 N–H and O–H groups in total. The molecule has 0 amide bonds. The minimum atomic E-state index is 0.0520. The predicted octanol–water partition coefficient (Wildman–Crippen LogP) is 2.78. The summed E-state index contributed by atoms with van der Waals surface area (Å²) in [5, 5.41) is 0. The molecule has 2 nitrogen and oxygen atoms in total. The van der Waals surface area contributed by atoms with Crippen molar-refractivity contribution in [2.24, 2.45) is 4.40 Å². The van der Waals surface area contributed by atoms with Crippen LogP contribution in [-0.4, -0.2) is 5.71 Å². The maximum Gasteiger partial charge on any atom is 0.138 e. The van der Waals surface area contributed by atoms with Crippen LogP contribution < -0.4 is 0 Å². The van der Waals surface area contributed by atoms with Gasteiger partial charge in [-0.2, -0.15) is 4.40 Å². The molecule has 1 heterocycles. The van der Waals surface area contributed by atoms with Crippen molar-refractivity contribution in [1.82, 2.24) is 0 Å². The average molecular weight is 179 g/mol. The van der Waals surface area contributed by atoms with Gasteiger partial charge in [-0.1, -0.05) is 30.3 Å². The Balaban J connectivity index is 2.27. The Morgan fingerprint density at radius 1 is 1.33 bits per heavy atom. The summed E-state index contributed by atoms with van der Waals surface area (Å²) in [4.78, 5) is 0. The lowest BCUT2D eigenvalue weighted by Gasteiger charge is -2.07. The largest absolute Gasteiger partial charge is 0.281 e. The second kappa shape index (κ2) is 3.29. The Hall–Kier alpha value is -0.800. The lowest BCUT2D eigenvalue weighted by molar-refractivity contribution is 0.336. The van der Waals surface area contributed by atoms with Gasteiger partial charge in [-0.15, -0.1) is 0 Å². The second-order valence-electron chi connectivity index (χ2n) is 2.69. The zero-order valence-electron chi connectivity index (χ0n) is 6.73. The van der Waals surface area contributed by atoms with Crippen LogP contribution in [0.3, 0.4) is 0 Å². The summed E-state index contributed by atoms with van der Waals surface area (Å²) >= 11 is 1.17. The van der Waals surface area contributed by atoms with Crippen molar-refractivity contribution in [2.45, 2.75) is 13.0 Å². The molecule has 1 aliphatic heterocycles. The van der Waals surface area contributed by atoms with Gasteiger partial charge in [-0.3, -0.25) is 4.18 Å². The lowest BCUT2D eigenvalue weighted by Crippen LogP contribution is -2.04. The van der Waals surface area contributed by atoms with Gasteiger partial charge in [0.1, 0.15) is 18.3 Å². The molecule has 0 fully saturated rings. The van der Waals surface area contributed by atoms with Crippen molar-refractivity contribution >= 4 is 17.9 Å². The molecule has 0 bridgehead atoms. The highest BCUT2D eigenvalue weighted by atomic mass is 32.2. The number of benzene rings is 1. The third kappa shape index (κ3) is 1.38. The first kappa shape index (κ1) is 7.83. The van der Waals surface area contributed by atoms with Crippen LogP contribution in [0.15, 0.2) is 34.7 Å². The van der Waals surface area contributed by atoms with E-state index in [9.17, 15) is 0 Å². The Kier molecular flexibility index (Phi) is 2.15. The van der Waals surface area contributed by atoms with Crippen LogP contribution in [0.2, 0.25) is 0 Å². The molecule has 2 rings (SSSR count). The highest BCUT2D eigenvalue weighted by Gasteiger charge is 2.20. The van der Waals surface area contributed by atoms with Gasteiger partial charge in [0.15, 0.2) is 0 Å². The number of nitrogens with zero attached hydrogens (tertiary/aromatic N) is 1. The van der Waals surface area contributed by atoms with Gasteiger partial charge in [0.2, 0.25) is 0 Å². The molecule has 1 aromatic carbocycles. The summed E-state index contributed by atoms with van der Waals surface area (Å²) in [7, 11) is 0. The standard InChI is InChI=1S/C9H9NOS/c1-7-9(11-12-10-7)8-5-3-2-4-6-8/h2-6,9H,1H3/t9-/m1/s1. The van der Waals surface area contributed by atoms with E-state index in [2.05, 4.69) is 16.5 Å². The van der Waals surface area contributed by atoms with E-state index in [4.69, 9.17) is 4.18 Å². The first-order chi connectivity index (χ1) is 5.88. The van der Waals surface area contributed by atoms with E-state index in [1.807, 2.05) is 25.1 Å². The maximum absolute atomic E-state index is 5.36. The fourth-order valence-corrected chi connectivity index (χ4v) is 1.76. The number of rotatable bonds is 1. The fraction of sp³-hybridized carbons (Fsp3) is 0.222. The summed E-state index contributed by atoms with van der Waals surface area (Å²) in [6.07, 6.45) is 0.0520. The zero-order valence-corrected chi connectivity index (χ0v) is 7.54. The number of hydrogen-bond donors (Lipinski definition) is 0. The highest BCUT2D eigenvalue weighted by molar-refractivity contribution is 7.93. The SMILES string of the molecule is CC1=NSO[C@H]1c1ccccc1. The van der Waals surface area contributed by atoms with E-state index >= 15 is 0 Å². The van der Waals surface area contributed by atoms with Crippen molar-refractivity contribution in [1.29, 1.82) is 0 Å². The van der Waals surface area contributed by atoms with Gasteiger partial charge in [-0.05, 0) is 12.5 Å². The second-order valence-corrected chi connectivity index (χ2v) is 3.22. The third-order valence-corrected chi connectivity index (χ3v) is 2.44. The molecule has 0 spiro atoms. The van der Waals surface area contributed by atoms with Gasteiger partial charge < -0.3 is 0 Å². The van der Waals surface area contributed by atoms with E-state index in [-0.39, 0.29) is 6.10 Å². The molecule has 1 aliphatic rings. The summed E-state index contributed by atoms with van der Waals surface area (Å²) in [5.74, 6) is 0. The summed E-state index contributed by atoms with van der Waals surface area (Å²) in [5.41, 5.74) is 2.20. The Labute approximate surface area is 76.0 Å². The van der Waals surface area contributed by atoms with E-state index in [1.165, 1.54) is 17.8 Å². The van der Waals surface area contributed by atoms with Crippen LogP contribution in [0.1, 0.15) is 18.6 Å². The molecule has 0 aliphatic carbocycles. The Morgan fingerprint density at radius 2 is 2.08 bits per heavy atom. The molecule has 0 aromatic heterocycles. The molecule has 1 atom stereocenters. The van der Waals surface area contributed by atoms with Gasteiger partial charge >= 0.3 is 0 Å². The fourth-order valence-electron chi connectivity index (χ4n) is 1.17. The molecule has 0 unspecified atom stereocenters. The van der Waals surface area contributed by atoms with Crippen LogP contribution in [-0.2, 0) is 4.18 Å². The molecule has 0 radical (unpaired) electrons. The summed E-state index contributed by atoms with van der Waals surface area (Å²) in [6, 6.07) is 10.1. The van der Waals surface area contributed by atoms with Crippen LogP contribution in [0.4, 0.5) is 0 Å². The van der Waals surface area contributed by atoms with Crippen molar-refractivity contribution in [3.8, 4) is 0 Å². The average Bonchev–Trinajstić information content (AvgIpc) is 2.53. The van der Waals surface area contributed by atoms with Crippen molar-refractivity contribution in [3.63, 3.8) is 0 Å². The Morgan fingerprint density at radius 3 is 2.67 bits per heavy atom. The van der Waals surface area contributed by atoms with Crippen molar-refractivity contribution < 1.29 is 4.18 Å². The molecular formula is C9H9NOS. The molecule has 0 saturated heterocycles. The lowest BCUT2D eigenvalue weighted by atomic mass is 10.1. The van der Waals surface area contributed by atoms with Gasteiger partial charge in [-0.25, -0.2) is 0 Å². The Bertz CT molecular complexity index is 297. The topological polar surface area (TPSA) is 21.6 Å². The smallest absolute Gasteiger partial charge is 0.138 e. The predicted molar refractivity (Wildman–Crippen MR) is 51.0 cm³/mol. The molecule has 62 valence electrons. The molecule has 1 aromatic rings. The maximum atomic E-state index is 5.36.